The number of methoxy groups -OCH3 is 1. The maximum Gasteiger partial charge on any atom is 0.405 e. The third-order valence-electron chi connectivity index (χ3n) is 6.45. The van der Waals surface area contributed by atoms with Crippen LogP contribution in [-0.2, 0) is 5.54 Å². The van der Waals surface area contributed by atoms with Crippen molar-refractivity contribution in [2.24, 2.45) is 5.73 Å². The van der Waals surface area contributed by atoms with E-state index >= 15 is 0 Å². The van der Waals surface area contributed by atoms with Crippen LogP contribution < -0.4 is 21.1 Å². The quantitative estimate of drug-likeness (QED) is 0.292. The molecule has 0 unspecified atom stereocenters. The number of furan rings is 1. The summed E-state index contributed by atoms with van der Waals surface area (Å²) in [5.41, 5.74) is 9.04. The first-order valence-electron chi connectivity index (χ1n) is 11.5. The van der Waals surface area contributed by atoms with Crippen molar-refractivity contribution in [3.05, 3.63) is 60.2 Å². The molecule has 4 aromatic rings. The zero-order valence-electron chi connectivity index (χ0n) is 19.4. The monoisotopic (exact) mass is 473 g/mol. The van der Waals surface area contributed by atoms with Gasteiger partial charge in [0.2, 0.25) is 17.5 Å². The Bertz CT molecular complexity index is 1350. The van der Waals surface area contributed by atoms with E-state index in [4.69, 9.17) is 14.9 Å². The zero-order valence-corrected chi connectivity index (χ0v) is 19.4. The average molecular weight is 474 g/mol. The maximum absolute atomic E-state index is 11.4. The van der Waals surface area contributed by atoms with Gasteiger partial charge in [-0.25, -0.2) is 4.79 Å². The van der Waals surface area contributed by atoms with Gasteiger partial charge in [0.15, 0.2) is 0 Å². The lowest BCUT2D eigenvalue weighted by molar-refractivity contribution is 0.144. The second-order valence-electron chi connectivity index (χ2n) is 8.57. The Morgan fingerprint density at radius 1 is 1.11 bits per heavy atom. The van der Waals surface area contributed by atoms with Crippen LogP contribution in [0.25, 0.3) is 33.6 Å². The lowest BCUT2D eigenvalue weighted by atomic mass is 9.72. The molecule has 9 nitrogen and oxygen atoms in total. The molecule has 0 spiro atoms. The number of nitrogens with two attached hydrogens (primary N) is 1. The summed E-state index contributed by atoms with van der Waals surface area (Å²) < 4.78 is 12.0. The lowest BCUT2D eigenvalue weighted by Crippen LogP contribution is -2.50. The minimum absolute atomic E-state index is 0.377. The smallest absolute Gasteiger partial charge is 0.405 e. The number of fused-ring (bicyclic) bond motifs is 1. The number of carboxylic acid groups (broad SMARTS) is 1. The number of nitrogens with zero attached hydrogens (tertiary/aromatic N) is 2. The zero-order chi connectivity index (χ0) is 24.4. The van der Waals surface area contributed by atoms with Crippen molar-refractivity contribution in [1.29, 1.82) is 0 Å². The Balaban J connectivity index is 1.65. The lowest BCUT2D eigenvalue weighted by Gasteiger charge is -2.42. The molecule has 0 aliphatic heterocycles. The standard InChI is InChI=1S/C26H27N5O4/c1-34-22-20-19(16-6-3-2-4-7-16)21(35-23(20)30-24(29-22)28-15-14-27)17-8-10-18(11-9-17)26(12-5-13-26)31-25(32)33/h2-4,6-11,31H,5,12-15,27H2,1H3,(H,32,33)(H,28,29,30). The molecule has 35 heavy (non-hydrogen) atoms. The van der Waals surface area contributed by atoms with Crippen LogP contribution in [-0.4, -0.2) is 41.4 Å². The molecule has 0 saturated heterocycles. The molecule has 5 rings (SSSR count). The topological polar surface area (TPSA) is 136 Å². The van der Waals surface area contributed by atoms with Crippen LogP contribution in [0.5, 0.6) is 5.88 Å². The van der Waals surface area contributed by atoms with Crippen molar-refractivity contribution in [2.45, 2.75) is 24.8 Å². The number of ether oxygens (including phenoxy) is 1. The molecular weight excluding hydrogens is 446 g/mol. The molecule has 2 aromatic carbocycles. The Kier molecular flexibility index (Phi) is 6.00. The van der Waals surface area contributed by atoms with E-state index in [1.807, 2.05) is 54.6 Å². The van der Waals surface area contributed by atoms with Crippen LogP contribution in [0.4, 0.5) is 10.7 Å². The van der Waals surface area contributed by atoms with E-state index in [0.717, 1.165) is 41.5 Å². The van der Waals surface area contributed by atoms with Gasteiger partial charge in [0.05, 0.1) is 12.6 Å². The van der Waals surface area contributed by atoms with Gasteiger partial charge in [0, 0.05) is 24.2 Å². The third kappa shape index (κ3) is 4.15. The number of rotatable bonds is 8. The summed E-state index contributed by atoms with van der Waals surface area (Å²) in [6, 6.07) is 17.7. The second-order valence-corrected chi connectivity index (χ2v) is 8.57. The van der Waals surface area contributed by atoms with E-state index in [2.05, 4.69) is 20.6 Å². The highest BCUT2D eigenvalue weighted by molar-refractivity contribution is 6.03. The summed E-state index contributed by atoms with van der Waals surface area (Å²) in [6.07, 6.45) is 1.54. The second kappa shape index (κ2) is 9.27. The van der Waals surface area contributed by atoms with E-state index in [9.17, 15) is 9.90 Å². The molecule has 0 radical (unpaired) electrons. The van der Waals surface area contributed by atoms with Gasteiger partial charge >= 0.3 is 6.09 Å². The van der Waals surface area contributed by atoms with Crippen molar-refractivity contribution in [3.8, 4) is 28.3 Å². The van der Waals surface area contributed by atoms with Crippen molar-refractivity contribution < 1.29 is 19.1 Å². The number of benzene rings is 2. The summed E-state index contributed by atoms with van der Waals surface area (Å²) in [7, 11) is 1.57. The van der Waals surface area contributed by atoms with Gasteiger partial charge in [-0.1, -0.05) is 54.6 Å². The van der Waals surface area contributed by atoms with Gasteiger partial charge in [-0.15, -0.1) is 0 Å². The van der Waals surface area contributed by atoms with Crippen molar-refractivity contribution in [3.63, 3.8) is 0 Å². The van der Waals surface area contributed by atoms with Gasteiger partial charge in [-0.3, -0.25) is 0 Å². The molecular formula is C26H27N5O4. The first kappa shape index (κ1) is 22.7. The maximum atomic E-state index is 11.4. The highest BCUT2D eigenvalue weighted by Crippen LogP contribution is 2.45. The molecule has 180 valence electrons. The Labute approximate surface area is 202 Å². The highest BCUT2D eigenvalue weighted by Gasteiger charge is 2.40. The fraction of sp³-hybridized carbons (Fsp3) is 0.269. The molecule has 5 N–H and O–H groups in total. The summed E-state index contributed by atoms with van der Waals surface area (Å²) in [5, 5.41) is 15.8. The Morgan fingerprint density at radius 3 is 2.46 bits per heavy atom. The number of nitrogens with one attached hydrogen (secondary N) is 2. The van der Waals surface area contributed by atoms with E-state index in [1.54, 1.807) is 7.11 Å². The first-order valence-corrected chi connectivity index (χ1v) is 11.5. The molecule has 1 fully saturated rings. The fourth-order valence-electron chi connectivity index (χ4n) is 4.63. The van der Waals surface area contributed by atoms with Crippen LogP contribution >= 0.6 is 0 Å². The van der Waals surface area contributed by atoms with Gasteiger partial charge in [-0.2, -0.15) is 9.97 Å². The predicted molar refractivity (Wildman–Crippen MR) is 133 cm³/mol. The normalized spacial score (nSPS) is 14.3. The van der Waals surface area contributed by atoms with E-state index in [0.29, 0.717) is 41.8 Å². The SMILES string of the molecule is COc1nc(NCCN)nc2oc(-c3ccc(C4(NC(=O)O)CCC4)cc3)c(-c3ccccc3)c12. The van der Waals surface area contributed by atoms with Crippen molar-refractivity contribution in [1.82, 2.24) is 15.3 Å². The largest absolute Gasteiger partial charge is 0.480 e. The van der Waals surface area contributed by atoms with Crippen LogP contribution in [0.3, 0.4) is 0 Å². The van der Waals surface area contributed by atoms with Crippen LogP contribution in [0, 0.1) is 0 Å². The molecule has 0 bridgehead atoms. The van der Waals surface area contributed by atoms with Gasteiger partial charge in [0.25, 0.3) is 0 Å². The third-order valence-corrected chi connectivity index (χ3v) is 6.45. The molecule has 2 aromatic heterocycles. The van der Waals surface area contributed by atoms with Crippen LogP contribution in [0.1, 0.15) is 24.8 Å². The molecule has 2 heterocycles. The van der Waals surface area contributed by atoms with E-state index < -0.39 is 11.6 Å². The van der Waals surface area contributed by atoms with E-state index in [1.165, 1.54) is 0 Å². The molecule has 1 saturated carbocycles. The van der Waals surface area contributed by atoms with Crippen LogP contribution in [0.2, 0.25) is 0 Å². The minimum atomic E-state index is -1.01. The first-order chi connectivity index (χ1) is 17.0. The number of anilines is 1. The fourth-order valence-corrected chi connectivity index (χ4v) is 4.63. The minimum Gasteiger partial charge on any atom is -0.480 e. The van der Waals surface area contributed by atoms with Gasteiger partial charge in [-0.05, 0) is 30.4 Å². The van der Waals surface area contributed by atoms with Crippen LogP contribution in [0.15, 0.2) is 59.0 Å². The van der Waals surface area contributed by atoms with Gasteiger partial charge < -0.3 is 30.6 Å². The number of aromatic nitrogens is 2. The van der Waals surface area contributed by atoms with E-state index in [-0.39, 0.29) is 0 Å². The Morgan fingerprint density at radius 2 is 1.86 bits per heavy atom. The van der Waals surface area contributed by atoms with Crippen molar-refractivity contribution in [2.75, 3.05) is 25.5 Å². The molecule has 1 amide bonds. The molecule has 1 aliphatic carbocycles. The molecule has 1 aliphatic rings. The highest BCUT2D eigenvalue weighted by atomic mass is 16.5. The summed E-state index contributed by atoms with van der Waals surface area (Å²) in [4.78, 5) is 20.4. The number of carbonyl (C=O) groups is 1. The Hall–Kier alpha value is -4.11. The van der Waals surface area contributed by atoms with Gasteiger partial charge in [0.1, 0.15) is 11.1 Å². The summed E-state index contributed by atoms with van der Waals surface area (Å²) in [5.74, 6) is 1.41. The van der Waals surface area contributed by atoms with Crippen molar-refractivity contribution >= 4 is 23.1 Å². The number of hydrogen-bond donors (Lipinski definition) is 4. The molecule has 9 heteroatoms. The summed E-state index contributed by atoms with van der Waals surface area (Å²) in [6.45, 7) is 0.953. The number of amides is 1. The predicted octanol–water partition coefficient (Wildman–Crippen LogP) is 4.58. The summed E-state index contributed by atoms with van der Waals surface area (Å²) >= 11 is 0. The average Bonchev–Trinajstić information content (AvgIpc) is 3.24. The number of hydrogen-bond acceptors (Lipinski definition) is 7. The molecule has 0 atom stereocenters.